The predicted octanol–water partition coefficient (Wildman–Crippen LogP) is 3.59. The van der Waals surface area contributed by atoms with Crippen LogP contribution in [0.2, 0.25) is 0 Å². The van der Waals surface area contributed by atoms with Gasteiger partial charge in [0.15, 0.2) is 0 Å². The van der Waals surface area contributed by atoms with Gasteiger partial charge in [0.25, 0.3) is 5.91 Å². The molecule has 0 unspecified atom stereocenters. The minimum atomic E-state index is -0.00448. The zero-order valence-electron chi connectivity index (χ0n) is 20.3. The summed E-state index contributed by atoms with van der Waals surface area (Å²) in [6, 6.07) is 7.69. The Kier molecular flexibility index (Phi) is 7.71. The topological polar surface area (TPSA) is 79.7 Å². The number of nitrogens with zero attached hydrogens (tertiary/aromatic N) is 4. The van der Waals surface area contributed by atoms with Crippen molar-refractivity contribution < 1.29 is 14.3 Å². The number of rotatable bonds is 9. The molecule has 8 heteroatoms. The van der Waals surface area contributed by atoms with Crippen LogP contribution in [0.25, 0.3) is 10.9 Å². The summed E-state index contributed by atoms with van der Waals surface area (Å²) in [5, 5.41) is 4.38. The molecule has 3 rings (SSSR count). The van der Waals surface area contributed by atoms with Gasteiger partial charge >= 0.3 is 0 Å². The van der Waals surface area contributed by atoms with Crippen LogP contribution in [0.4, 0.5) is 11.5 Å². The van der Waals surface area contributed by atoms with E-state index in [1.807, 2.05) is 55.8 Å². The van der Waals surface area contributed by atoms with Crippen LogP contribution in [0.1, 0.15) is 28.4 Å². The fraction of sp³-hybridized carbons (Fsp3) is 0.400. The molecule has 33 heavy (non-hydrogen) atoms. The van der Waals surface area contributed by atoms with Crippen LogP contribution in [0, 0.1) is 13.8 Å². The Morgan fingerprint density at radius 3 is 2.45 bits per heavy atom. The van der Waals surface area contributed by atoms with E-state index in [4.69, 9.17) is 4.74 Å². The highest BCUT2D eigenvalue weighted by atomic mass is 16.5. The average molecular weight is 452 g/mol. The largest absolute Gasteiger partial charge is 0.383 e. The van der Waals surface area contributed by atoms with Crippen molar-refractivity contribution in [3.05, 3.63) is 53.3 Å². The molecule has 0 radical (unpaired) electrons. The maximum atomic E-state index is 13.0. The first kappa shape index (κ1) is 24.3. The number of hydrogen-bond donors (Lipinski definition) is 1. The molecule has 0 bridgehead atoms. The summed E-state index contributed by atoms with van der Waals surface area (Å²) in [5.41, 5.74) is 4.43. The lowest BCUT2D eigenvalue weighted by Gasteiger charge is -2.22. The molecule has 0 atom stereocenters. The molecule has 0 aliphatic carbocycles. The van der Waals surface area contributed by atoms with Gasteiger partial charge in [-0.3, -0.25) is 9.59 Å². The SMILES string of the molecule is CCN(CCOC)C(=O)c1cc(C)c(Nc2nccc3c2ccn3CC(=O)N(C)C)c(C)c1. The number of carbonyl (C=O) groups excluding carboxylic acids is 2. The maximum absolute atomic E-state index is 13.0. The fourth-order valence-corrected chi connectivity index (χ4v) is 3.84. The number of amides is 2. The van der Waals surface area contributed by atoms with Gasteiger partial charge in [-0.1, -0.05) is 0 Å². The second-order valence-corrected chi connectivity index (χ2v) is 8.31. The zero-order valence-corrected chi connectivity index (χ0v) is 20.3. The van der Waals surface area contributed by atoms with Crippen LogP contribution < -0.4 is 5.32 Å². The molecule has 0 saturated heterocycles. The van der Waals surface area contributed by atoms with Gasteiger partial charge in [0, 0.05) is 63.3 Å². The Morgan fingerprint density at radius 1 is 1.15 bits per heavy atom. The third-order valence-electron chi connectivity index (χ3n) is 5.76. The number of hydrogen-bond acceptors (Lipinski definition) is 5. The van der Waals surface area contributed by atoms with Crippen LogP contribution in [0.5, 0.6) is 0 Å². The number of fused-ring (bicyclic) bond motifs is 1. The highest BCUT2D eigenvalue weighted by molar-refractivity contribution is 5.96. The zero-order chi connectivity index (χ0) is 24.1. The molecule has 0 spiro atoms. The highest BCUT2D eigenvalue weighted by Gasteiger charge is 2.18. The molecular weight excluding hydrogens is 418 g/mol. The van der Waals surface area contributed by atoms with Gasteiger partial charge in [-0.05, 0) is 56.2 Å². The van der Waals surface area contributed by atoms with Gasteiger partial charge in [0.2, 0.25) is 5.91 Å². The van der Waals surface area contributed by atoms with Crippen molar-refractivity contribution in [2.24, 2.45) is 0 Å². The van der Waals surface area contributed by atoms with E-state index in [-0.39, 0.29) is 18.4 Å². The van der Waals surface area contributed by atoms with Crippen molar-refractivity contribution in [3.8, 4) is 0 Å². The summed E-state index contributed by atoms with van der Waals surface area (Å²) in [4.78, 5) is 33.0. The molecule has 0 saturated carbocycles. The van der Waals surface area contributed by atoms with Gasteiger partial charge in [-0.25, -0.2) is 4.98 Å². The number of ether oxygens (including phenoxy) is 1. The Labute approximate surface area is 195 Å². The van der Waals surface area contributed by atoms with E-state index in [9.17, 15) is 9.59 Å². The fourth-order valence-electron chi connectivity index (χ4n) is 3.84. The van der Waals surface area contributed by atoms with E-state index in [0.29, 0.717) is 31.1 Å². The first-order chi connectivity index (χ1) is 15.8. The van der Waals surface area contributed by atoms with Crippen LogP contribution >= 0.6 is 0 Å². The maximum Gasteiger partial charge on any atom is 0.253 e. The van der Waals surface area contributed by atoms with Gasteiger partial charge in [0.1, 0.15) is 12.4 Å². The third kappa shape index (κ3) is 5.34. The number of anilines is 2. The van der Waals surface area contributed by atoms with Crippen LogP contribution in [-0.2, 0) is 16.1 Å². The van der Waals surface area contributed by atoms with Crippen molar-refractivity contribution in [1.29, 1.82) is 0 Å². The lowest BCUT2D eigenvalue weighted by molar-refractivity contribution is -0.129. The van der Waals surface area contributed by atoms with Crippen molar-refractivity contribution >= 4 is 34.2 Å². The molecule has 1 N–H and O–H groups in total. The standard InChI is InChI=1S/C25H33N5O3/c1-7-29(12-13-33-6)25(32)19-14-17(2)23(18(3)15-19)27-24-20-9-11-30(16-22(31)28(4)5)21(20)8-10-26-24/h8-11,14-15H,7,12-13,16H2,1-6H3,(H,26,27). The molecule has 2 amide bonds. The quantitative estimate of drug-likeness (QED) is 0.538. The van der Waals surface area contributed by atoms with Gasteiger partial charge in [0.05, 0.1) is 12.1 Å². The second kappa shape index (κ2) is 10.5. The third-order valence-corrected chi connectivity index (χ3v) is 5.76. The lowest BCUT2D eigenvalue weighted by atomic mass is 10.0. The van der Waals surface area contributed by atoms with E-state index >= 15 is 0 Å². The molecule has 0 aliphatic heterocycles. The average Bonchev–Trinajstić information content (AvgIpc) is 3.19. The van der Waals surface area contributed by atoms with E-state index in [1.165, 1.54) is 0 Å². The molecule has 0 fully saturated rings. The predicted molar refractivity (Wildman–Crippen MR) is 131 cm³/mol. The Morgan fingerprint density at radius 2 is 1.85 bits per heavy atom. The first-order valence-electron chi connectivity index (χ1n) is 11.1. The summed E-state index contributed by atoms with van der Waals surface area (Å²) < 4.78 is 7.05. The molecule has 3 aromatic rings. The summed E-state index contributed by atoms with van der Waals surface area (Å²) in [6.07, 6.45) is 3.64. The number of methoxy groups -OCH3 is 1. The minimum absolute atomic E-state index is 0.00448. The number of pyridine rings is 1. The number of benzene rings is 1. The molecule has 8 nitrogen and oxygen atoms in total. The Bertz CT molecular complexity index is 1130. The smallest absolute Gasteiger partial charge is 0.253 e. The highest BCUT2D eigenvalue weighted by Crippen LogP contribution is 2.30. The van der Waals surface area contributed by atoms with Crippen molar-refractivity contribution in [2.45, 2.75) is 27.3 Å². The molecular formula is C25H33N5O3. The Balaban J connectivity index is 1.89. The molecule has 1 aromatic carbocycles. The van der Waals surface area contributed by atoms with Crippen molar-refractivity contribution in [2.75, 3.05) is 46.2 Å². The van der Waals surface area contributed by atoms with E-state index in [2.05, 4.69) is 10.3 Å². The van der Waals surface area contributed by atoms with Gasteiger partial charge in [-0.2, -0.15) is 0 Å². The lowest BCUT2D eigenvalue weighted by Crippen LogP contribution is -2.33. The van der Waals surface area contributed by atoms with E-state index in [0.717, 1.165) is 27.7 Å². The van der Waals surface area contributed by atoms with E-state index in [1.54, 1.807) is 37.2 Å². The molecule has 2 heterocycles. The second-order valence-electron chi connectivity index (χ2n) is 8.31. The van der Waals surface area contributed by atoms with Gasteiger partial charge in [-0.15, -0.1) is 0 Å². The minimum Gasteiger partial charge on any atom is -0.383 e. The number of nitrogens with one attached hydrogen (secondary N) is 1. The Hall–Kier alpha value is -3.39. The summed E-state index contributed by atoms with van der Waals surface area (Å²) in [5.74, 6) is 0.733. The van der Waals surface area contributed by atoms with E-state index < -0.39 is 0 Å². The monoisotopic (exact) mass is 451 g/mol. The van der Waals surface area contributed by atoms with Crippen LogP contribution in [0.3, 0.4) is 0 Å². The van der Waals surface area contributed by atoms with Gasteiger partial charge < -0.3 is 24.4 Å². The number of aromatic nitrogens is 2. The normalized spacial score (nSPS) is 11.0. The summed E-state index contributed by atoms with van der Waals surface area (Å²) >= 11 is 0. The van der Waals surface area contributed by atoms with Crippen LogP contribution in [-0.4, -0.2) is 72.1 Å². The van der Waals surface area contributed by atoms with Crippen molar-refractivity contribution in [1.82, 2.24) is 19.4 Å². The summed E-state index contributed by atoms with van der Waals surface area (Å²) in [7, 11) is 5.13. The first-order valence-corrected chi connectivity index (χ1v) is 11.1. The number of aryl methyl sites for hydroxylation is 2. The molecule has 2 aromatic heterocycles. The molecule has 176 valence electrons. The summed E-state index contributed by atoms with van der Waals surface area (Å²) in [6.45, 7) is 7.89. The van der Waals surface area contributed by atoms with Crippen molar-refractivity contribution in [3.63, 3.8) is 0 Å². The van der Waals surface area contributed by atoms with Crippen LogP contribution in [0.15, 0.2) is 36.7 Å². The number of likely N-dealkylation sites (N-methyl/N-ethyl adjacent to an activating group) is 2. The molecule has 0 aliphatic rings. The number of carbonyl (C=O) groups is 2.